The maximum absolute atomic E-state index is 12.2. The molecule has 0 saturated heterocycles. The number of phenols is 2. The van der Waals surface area contributed by atoms with E-state index in [9.17, 15) is 19.8 Å². The van der Waals surface area contributed by atoms with Crippen molar-refractivity contribution >= 4 is 40.7 Å². The van der Waals surface area contributed by atoms with Gasteiger partial charge < -0.3 is 14.9 Å². The zero-order chi connectivity index (χ0) is 20.8. The Morgan fingerprint density at radius 1 is 0.966 bits per heavy atom. The smallest absolute Gasteiger partial charge is 0.344 e. The van der Waals surface area contributed by atoms with E-state index >= 15 is 0 Å². The van der Waals surface area contributed by atoms with Crippen LogP contribution in [0.5, 0.6) is 17.2 Å². The second-order valence-corrected chi connectivity index (χ2v) is 7.00. The van der Waals surface area contributed by atoms with E-state index in [0.717, 1.165) is 9.64 Å². The summed E-state index contributed by atoms with van der Waals surface area (Å²) in [6.07, 6.45) is 1.40. The van der Waals surface area contributed by atoms with Crippen LogP contribution < -0.4 is 10.2 Å². The molecule has 0 aromatic heterocycles. The van der Waals surface area contributed by atoms with E-state index in [2.05, 4.69) is 33.1 Å². The number of benzene rings is 3. The van der Waals surface area contributed by atoms with Gasteiger partial charge in [0, 0.05) is 9.64 Å². The van der Waals surface area contributed by atoms with Gasteiger partial charge >= 0.3 is 5.97 Å². The predicted molar refractivity (Wildman–Crippen MR) is 115 cm³/mol. The van der Waals surface area contributed by atoms with Crippen molar-refractivity contribution in [2.75, 3.05) is 0 Å². The Kier molecular flexibility index (Phi) is 6.45. The van der Waals surface area contributed by atoms with E-state index in [0.29, 0.717) is 16.9 Å². The molecule has 0 aliphatic carbocycles. The summed E-state index contributed by atoms with van der Waals surface area (Å²) in [7, 11) is 0. The molecule has 0 heterocycles. The second kappa shape index (κ2) is 9.20. The Morgan fingerprint density at radius 3 is 2.38 bits per heavy atom. The highest BCUT2D eigenvalue weighted by molar-refractivity contribution is 14.1. The largest absolute Gasteiger partial charge is 0.508 e. The van der Waals surface area contributed by atoms with Gasteiger partial charge in [-0.3, -0.25) is 4.79 Å². The molecule has 0 aliphatic rings. The Labute approximate surface area is 179 Å². The fourth-order valence-electron chi connectivity index (χ4n) is 2.35. The first-order valence-corrected chi connectivity index (χ1v) is 9.44. The average molecular weight is 502 g/mol. The van der Waals surface area contributed by atoms with E-state index in [-0.39, 0.29) is 17.1 Å². The van der Waals surface area contributed by atoms with Crippen LogP contribution in [-0.2, 0) is 0 Å². The van der Waals surface area contributed by atoms with E-state index in [1.807, 2.05) is 12.1 Å². The molecular weight excluding hydrogens is 487 g/mol. The minimum atomic E-state index is -0.623. The molecule has 8 heteroatoms. The molecule has 0 spiro atoms. The topological polar surface area (TPSA) is 108 Å². The van der Waals surface area contributed by atoms with Crippen LogP contribution >= 0.6 is 22.6 Å². The average Bonchev–Trinajstić information content (AvgIpc) is 2.69. The van der Waals surface area contributed by atoms with Crippen molar-refractivity contribution in [1.29, 1.82) is 0 Å². The third kappa shape index (κ3) is 5.32. The summed E-state index contributed by atoms with van der Waals surface area (Å²) in [5.41, 5.74) is 3.42. The van der Waals surface area contributed by atoms with Gasteiger partial charge in [-0.05, 0) is 76.7 Å². The van der Waals surface area contributed by atoms with E-state index < -0.39 is 11.9 Å². The maximum Gasteiger partial charge on any atom is 0.344 e. The fraction of sp³-hybridized carbons (Fsp3) is 0. The lowest BCUT2D eigenvalue weighted by molar-refractivity contribution is 0.0733. The molecule has 0 fully saturated rings. The van der Waals surface area contributed by atoms with Gasteiger partial charge in [0.1, 0.15) is 17.2 Å². The molecule has 0 radical (unpaired) electrons. The number of esters is 1. The maximum atomic E-state index is 12.2. The fourth-order valence-corrected chi connectivity index (χ4v) is 2.96. The summed E-state index contributed by atoms with van der Waals surface area (Å²) in [5.74, 6) is -1.19. The van der Waals surface area contributed by atoms with Gasteiger partial charge in [-0.2, -0.15) is 5.10 Å². The molecule has 3 aromatic rings. The van der Waals surface area contributed by atoms with Gasteiger partial charge in [0.15, 0.2) is 0 Å². The minimum Gasteiger partial charge on any atom is -0.508 e. The Hall–Kier alpha value is -3.40. The Bertz CT molecular complexity index is 1080. The highest BCUT2D eigenvalue weighted by Crippen LogP contribution is 2.22. The first-order chi connectivity index (χ1) is 13.9. The summed E-state index contributed by atoms with van der Waals surface area (Å²) < 4.78 is 6.15. The van der Waals surface area contributed by atoms with Crippen molar-refractivity contribution in [1.82, 2.24) is 5.43 Å². The number of halogens is 1. The number of amides is 1. The van der Waals surface area contributed by atoms with Crippen molar-refractivity contribution in [3.05, 3.63) is 87.0 Å². The van der Waals surface area contributed by atoms with Gasteiger partial charge in [0.05, 0.1) is 17.3 Å². The zero-order valence-corrected chi connectivity index (χ0v) is 17.0. The van der Waals surface area contributed by atoms with Crippen LogP contribution in [-0.4, -0.2) is 28.3 Å². The number of nitrogens with zero attached hydrogens (tertiary/aromatic N) is 1. The number of hydrogen-bond acceptors (Lipinski definition) is 6. The Balaban J connectivity index is 1.59. The van der Waals surface area contributed by atoms with Crippen molar-refractivity contribution in [2.24, 2.45) is 5.10 Å². The number of rotatable bonds is 5. The van der Waals surface area contributed by atoms with E-state index in [1.165, 1.54) is 18.3 Å². The number of ether oxygens (including phenoxy) is 1. The zero-order valence-electron chi connectivity index (χ0n) is 14.9. The monoisotopic (exact) mass is 502 g/mol. The predicted octanol–water partition coefficient (Wildman–Crippen LogP) is 3.69. The van der Waals surface area contributed by atoms with Crippen LogP contribution in [0.15, 0.2) is 71.8 Å². The number of carbonyl (C=O) groups is 2. The molecule has 0 atom stereocenters. The van der Waals surface area contributed by atoms with Gasteiger partial charge in [-0.1, -0.05) is 12.1 Å². The minimum absolute atomic E-state index is 0.0160. The normalized spacial score (nSPS) is 10.7. The quantitative estimate of drug-likeness (QED) is 0.162. The van der Waals surface area contributed by atoms with Gasteiger partial charge in [0.25, 0.3) is 5.91 Å². The molecule has 0 bridgehead atoms. The number of hydrogen-bond donors (Lipinski definition) is 3. The molecule has 0 aliphatic heterocycles. The molecule has 3 rings (SSSR count). The van der Waals surface area contributed by atoms with Gasteiger partial charge in [0.2, 0.25) is 0 Å². The highest BCUT2D eigenvalue weighted by atomic mass is 127. The molecule has 7 nitrogen and oxygen atoms in total. The standard InChI is InChI=1S/C21H15IN2O5/c22-18-4-2-1-3-16(18)21(28)29-15-8-5-13(6-9-15)12-23-24-20(27)17-10-7-14(25)11-19(17)26/h1-12,25-26H,(H,24,27)/b23-12-. The van der Waals surface area contributed by atoms with Gasteiger partial charge in [-0.25, -0.2) is 10.2 Å². The van der Waals surface area contributed by atoms with E-state index in [4.69, 9.17) is 4.74 Å². The molecule has 1 amide bonds. The molecule has 0 saturated carbocycles. The molecule has 29 heavy (non-hydrogen) atoms. The molecular formula is C21H15IN2O5. The third-order valence-electron chi connectivity index (χ3n) is 3.79. The summed E-state index contributed by atoms with van der Waals surface area (Å²) in [6, 6.07) is 17.3. The lowest BCUT2D eigenvalue weighted by atomic mass is 10.2. The number of phenolic OH excluding ortho intramolecular Hbond substituents is 2. The van der Waals surface area contributed by atoms with Crippen LogP contribution in [0.25, 0.3) is 0 Å². The van der Waals surface area contributed by atoms with Crippen molar-refractivity contribution in [3.8, 4) is 17.2 Å². The first kappa shape index (κ1) is 20.3. The van der Waals surface area contributed by atoms with Crippen LogP contribution in [0, 0.1) is 3.57 Å². The number of nitrogens with one attached hydrogen (secondary N) is 1. The van der Waals surface area contributed by atoms with Crippen LogP contribution in [0.3, 0.4) is 0 Å². The molecule has 3 N–H and O–H groups in total. The summed E-state index contributed by atoms with van der Waals surface area (Å²) in [5, 5.41) is 22.7. The number of hydrazone groups is 1. The van der Waals surface area contributed by atoms with E-state index in [1.54, 1.807) is 36.4 Å². The lowest BCUT2D eigenvalue weighted by Gasteiger charge is -2.06. The van der Waals surface area contributed by atoms with Gasteiger partial charge in [-0.15, -0.1) is 0 Å². The molecule has 0 unspecified atom stereocenters. The number of carbonyl (C=O) groups excluding carboxylic acids is 2. The summed E-state index contributed by atoms with van der Waals surface area (Å²) in [6.45, 7) is 0. The first-order valence-electron chi connectivity index (χ1n) is 8.36. The molecule has 3 aromatic carbocycles. The summed E-state index contributed by atoms with van der Waals surface area (Å²) >= 11 is 2.07. The SMILES string of the molecule is O=C(N/N=C\c1ccc(OC(=O)c2ccccc2I)cc1)c1ccc(O)cc1O. The summed E-state index contributed by atoms with van der Waals surface area (Å²) in [4.78, 5) is 24.2. The van der Waals surface area contributed by atoms with Crippen molar-refractivity contribution in [2.45, 2.75) is 0 Å². The second-order valence-electron chi connectivity index (χ2n) is 5.84. The highest BCUT2D eigenvalue weighted by Gasteiger charge is 2.12. The third-order valence-corrected chi connectivity index (χ3v) is 4.73. The Morgan fingerprint density at radius 2 is 1.69 bits per heavy atom. The van der Waals surface area contributed by atoms with Crippen LogP contribution in [0.4, 0.5) is 0 Å². The van der Waals surface area contributed by atoms with Crippen molar-refractivity contribution < 1.29 is 24.5 Å². The number of aromatic hydroxyl groups is 2. The van der Waals surface area contributed by atoms with Crippen LogP contribution in [0.2, 0.25) is 0 Å². The van der Waals surface area contributed by atoms with Crippen LogP contribution in [0.1, 0.15) is 26.3 Å². The molecule has 146 valence electrons. The van der Waals surface area contributed by atoms with Crippen molar-refractivity contribution in [3.63, 3.8) is 0 Å². The lowest BCUT2D eigenvalue weighted by Crippen LogP contribution is -2.17.